The van der Waals surface area contributed by atoms with E-state index >= 15 is 0 Å². The van der Waals surface area contributed by atoms with E-state index in [9.17, 15) is 4.79 Å². The minimum absolute atomic E-state index is 0.0666. The summed E-state index contributed by atoms with van der Waals surface area (Å²) in [6.07, 6.45) is 6.19. The monoisotopic (exact) mass is 359 g/mol. The Kier molecular flexibility index (Phi) is 5.08. The van der Waals surface area contributed by atoms with Crippen LogP contribution in [0.5, 0.6) is 0 Å². The van der Waals surface area contributed by atoms with E-state index in [-0.39, 0.29) is 5.91 Å². The van der Waals surface area contributed by atoms with Gasteiger partial charge in [0.1, 0.15) is 0 Å². The second kappa shape index (κ2) is 7.63. The van der Waals surface area contributed by atoms with Gasteiger partial charge in [0.05, 0.1) is 12.4 Å². The molecular weight excluding hydrogens is 334 g/mol. The molecule has 7 heteroatoms. The molecule has 2 aliphatic rings. The number of furan rings is 1. The molecule has 2 aromatic rings. The number of hydrogen-bond donors (Lipinski definition) is 0. The Bertz CT molecular complexity index is 711. The summed E-state index contributed by atoms with van der Waals surface area (Å²) in [5, 5.41) is 3.92. The van der Waals surface area contributed by atoms with Crippen LogP contribution < -0.4 is 0 Å². The molecule has 2 aromatic heterocycles. The van der Waals surface area contributed by atoms with Gasteiger partial charge < -0.3 is 23.5 Å². The number of rotatable bonds is 4. The number of ether oxygens (including phenoxy) is 1. The van der Waals surface area contributed by atoms with Gasteiger partial charge in [0.15, 0.2) is 11.5 Å². The molecule has 0 spiro atoms. The van der Waals surface area contributed by atoms with Gasteiger partial charge in [-0.2, -0.15) is 0 Å². The van der Waals surface area contributed by atoms with Gasteiger partial charge in [-0.3, -0.25) is 4.79 Å². The van der Waals surface area contributed by atoms with E-state index in [1.54, 1.807) is 31.6 Å². The lowest BCUT2D eigenvalue weighted by atomic mass is 9.98. The number of carbonyl (C=O) groups is 1. The van der Waals surface area contributed by atoms with Crippen LogP contribution in [0.2, 0.25) is 0 Å². The van der Waals surface area contributed by atoms with Crippen molar-refractivity contribution >= 4 is 5.91 Å². The number of nitrogens with zero attached hydrogens (tertiary/aromatic N) is 3. The van der Waals surface area contributed by atoms with Crippen molar-refractivity contribution in [3.63, 3.8) is 0 Å². The number of amides is 1. The zero-order valence-electron chi connectivity index (χ0n) is 15.1. The quantitative estimate of drug-likeness (QED) is 0.836. The van der Waals surface area contributed by atoms with Crippen molar-refractivity contribution in [1.29, 1.82) is 0 Å². The number of carbonyl (C=O) groups excluding carboxylic acids is 1. The molecule has 4 rings (SSSR count). The maximum Gasteiger partial charge on any atom is 0.276 e. The summed E-state index contributed by atoms with van der Waals surface area (Å²) < 4.78 is 16.0. The van der Waals surface area contributed by atoms with Gasteiger partial charge in [0.25, 0.3) is 5.91 Å². The summed E-state index contributed by atoms with van der Waals surface area (Å²) in [5.74, 6) is 0.993. The molecule has 0 N–H and O–H groups in total. The number of aromatic nitrogens is 1. The van der Waals surface area contributed by atoms with Crippen molar-refractivity contribution in [3.05, 3.63) is 30.2 Å². The first kappa shape index (κ1) is 17.3. The molecule has 0 aliphatic carbocycles. The number of hydrogen-bond acceptors (Lipinski definition) is 6. The van der Waals surface area contributed by atoms with Crippen LogP contribution in [-0.4, -0.2) is 66.3 Å². The average Bonchev–Trinajstić information content (AvgIpc) is 3.39. The maximum atomic E-state index is 12.7. The Morgan fingerprint density at radius 2 is 1.92 bits per heavy atom. The van der Waals surface area contributed by atoms with E-state index in [1.165, 1.54) is 0 Å². The topological polar surface area (TPSA) is 72.0 Å². The van der Waals surface area contributed by atoms with E-state index in [1.807, 2.05) is 4.90 Å². The molecule has 2 fully saturated rings. The van der Waals surface area contributed by atoms with Gasteiger partial charge in [0, 0.05) is 45.4 Å². The van der Waals surface area contributed by atoms with Gasteiger partial charge in [-0.05, 0) is 37.8 Å². The predicted molar refractivity (Wildman–Crippen MR) is 94.7 cm³/mol. The molecule has 0 unspecified atom stereocenters. The van der Waals surface area contributed by atoms with Crippen molar-refractivity contribution in [3.8, 4) is 11.5 Å². The Labute approximate surface area is 152 Å². The highest BCUT2D eigenvalue weighted by atomic mass is 16.5. The van der Waals surface area contributed by atoms with Crippen LogP contribution in [0.1, 0.15) is 36.2 Å². The van der Waals surface area contributed by atoms with E-state index in [0.29, 0.717) is 29.4 Å². The summed E-state index contributed by atoms with van der Waals surface area (Å²) in [4.78, 5) is 17.1. The van der Waals surface area contributed by atoms with Gasteiger partial charge in [-0.25, -0.2) is 0 Å². The second-order valence-electron chi connectivity index (χ2n) is 7.05. The molecule has 140 valence electrons. The molecule has 0 aromatic carbocycles. The first-order valence-electron chi connectivity index (χ1n) is 9.31. The van der Waals surface area contributed by atoms with Crippen molar-refractivity contribution in [2.24, 2.45) is 0 Å². The first-order chi connectivity index (χ1) is 12.7. The lowest BCUT2D eigenvalue weighted by molar-refractivity contribution is 0.0144. The SMILES string of the molecule is COC1CCN(C2CCN(C(=O)c3cc(-c4ccco4)on3)CC2)CC1. The molecule has 2 aliphatic heterocycles. The van der Waals surface area contributed by atoms with Crippen LogP contribution in [0.4, 0.5) is 0 Å². The Morgan fingerprint density at radius 3 is 2.58 bits per heavy atom. The fourth-order valence-electron chi connectivity index (χ4n) is 3.98. The van der Waals surface area contributed by atoms with Crippen molar-refractivity contribution < 1.29 is 18.5 Å². The molecule has 1 amide bonds. The Hall–Kier alpha value is -2.12. The molecule has 2 saturated heterocycles. The van der Waals surface area contributed by atoms with Gasteiger partial charge >= 0.3 is 0 Å². The van der Waals surface area contributed by atoms with Crippen LogP contribution in [0.15, 0.2) is 33.4 Å². The number of piperidine rings is 2. The minimum atomic E-state index is -0.0666. The number of likely N-dealkylation sites (tertiary alicyclic amines) is 2. The Balaban J connectivity index is 1.31. The lowest BCUT2D eigenvalue weighted by Crippen LogP contribution is -2.49. The van der Waals surface area contributed by atoms with Crippen LogP contribution in [-0.2, 0) is 4.74 Å². The van der Waals surface area contributed by atoms with Crippen molar-refractivity contribution in [2.75, 3.05) is 33.3 Å². The number of methoxy groups -OCH3 is 1. The zero-order valence-corrected chi connectivity index (χ0v) is 15.1. The fraction of sp³-hybridized carbons (Fsp3) is 0.579. The van der Waals surface area contributed by atoms with Crippen LogP contribution in [0.25, 0.3) is 11.5 Å². The predicted octanol–water partition coefficient (Wildman–Crippen LogP) is 2.65. The van der Waals surface area contributed by atoms with Crippen molar-refractivity contribution in [2.45, 2.75) is 37.8 Å². The smallest absolute Gasteiger partial charge is 0.276 e. The van der Waals surface area contributed by atoms with Crippen LogP contribution >= 0.6 is 0 Å². The van der Waals surface area contributed by atoms with Crippen LogP contribution in [0, 0.1) is 0 Å². The molecule has 7 nitrogen and oxygen atoms in total. The summed E-state index contributed by atoms with van der Waals surface area (Å²) in [6, 6.07) is 5.78. The summed E-state index contributed by atoms with van der Waals surface area (Å²) >= 11 is 0. The van der Waals surface area contributed by atoms with E-state index < -0.39 is 0 Å². The fourth-order valence-corrected chi connectivity index (χ4v) is 3.98. The van der Waals surface area contributed by atoms with Crippen molar-refractivity contribution in [1.82, 2.24) is 15.0 Å². The van der Waals surface area contributed by atoms with Gasteiger partial charge in [0.2, 0.25) is 5.76 Å². The van der Waals surface area contributed by atoms with E-state index in [0.717, 1.165) is 51.9 Å². The minimum Gasteiger partial charge on any atom is -0.461 e. The highest BCUT2D eigenvalue weighted by Crippen LogP contribution is 2.24. The molecule has 0 saturated carbocycles. The third-order valence-corrected chi connectivity index (χ3v) is 5.57. The molecule has 26 heavy (non-hydrogen) atoms. The summed E-state index contributed by atoms with van der Waals surface area (Å²) in [7, 11) is 1.80. The zero-order chi connectivity index (χ0) is 17.9. The Morgan fingerprint density at radius 1 is 1.15 bits per heavy atom. The van der Waals surface area contributed by atoms with Crippen LogP contribution in [0.3, 0.4) is 0 Å². The molecule has 0 bridgehead atoms. The molecule has 0 radical (unpaired) electrons. The first-order valence-corrected chi connectivity index (χ1v) is 9.31. The molecule has 4 heterocycles. The molecular formula is C19H25N3O4. The summed E-state index contributed by atoms with van der Waals surface area (Å²) in [6.45, 7) is 3.70. The van der Waals surface area contributed by atoms with Gasteiger partial charge in [-0.15, -0.1) is 0 Å². The van der Waals surface area contributed by atoms with E-state index in [4.69, 9.17) is 13.7 Å². The largest absolute Gasteiger partial charge is 0.461 e. The highest BCUT2D eigenvalue weighted by molar-refractivity contribution is 5.93. The van der Waals surface area contributed by atoms with Gasteiger partial charge in [-0.1, -0.05) is 5.16 Å². The third-order valence-electron chi connectivity index (χ3n) is 5.57. The molecule has 0 atom stereocenters. The highest BCUT2D eigenvalue weighted by Gasteiger charge is 2.31. The summed E-state index contributed by atoms with van der Waals surface area (Å²) in [5.41, 5.74) is 0.343. The van der Waals surface area contributed by atoms with E-state index in [2.05, 4.69) is 10.1 Å². The lowest BCUT2D eigenvalue weighted by Gasteiger charge is -2.41. The second-order valence-corrected chi connectivity index (χ2v) is 7.05. The third kappa shape index (κ3) is 3.54. The maximum absolute atomic E-state index is 12.7. The standard InChI is InChI=1S/C19H25N3O4/c1-24-15-6-10-21(11-7-15)14-4-8-22(9-5-14)19(23)16-13-18(26-20-16)17-3-2-12-25-17/h2-3,12-15H,4-11H2,1H3. The average molecular weight is 359 g/mol. The normalized spacial score (nSPS) is 20.6.